The van der Waals surface area contributed by atoms with Gasteiger partial charge in [-0.25, -0.2) is 0 Å². The van der Waals surface area contributed by atoms with Crippen molar-refractivity contribution in [3.63, 3.8) is 0 Å². The van der Waals surface area contributed by atoms with Gasteiger partial charge in [-0.05, 0) is 42.0 Å². The summed E-state index contributed by atoms with van der Waals surface area (Å²) in [6, 6.07) is 15.1. The molecule has 0 fully saturated rings. The molecule has 3 aromatic carbocycles. The van der Waals surface area contributed by atoms with E-state index in [0.717, 1.165) is 18.2 Å². The predicted octanol–water partition coefficient (Wildman–Crippen LogP) is 5.22. The number of carbonyl (C=O) groups excluding carboxylic acids is 1. The molecule has 3 rings (SSSR count). The maximum absolute atomic E-state index is 12.6. The van der Waals surface area contributed by atoms with Crippen molar-refractivity contribution in [1.82, 2.24) is 0 Å². The topological polar surface area (TPSA) is 149 Å². The molecule has 36 heavy (non-hydrogen) atoms. The van der Waals surface area contributed by atoms with E-state index in [-0.39, 0.29) is 43.4 Å². The summed E-state index contributed by atoms with van der Waals surface area (Å²) >= 11 is 12.2. The van der Waals surface area contributed by atoms with Gasteiger partial charge < -0.3 is 14.2 Å². The maximum Gasteiger partial charge on any atom is 0.339 e. The van der Waals surface area contributed by atoms with Crippen LogP contribution in [0.15, 0.2) is 71.1 Å². The van der Waals surface area contributed by atoms with Crippen LogP contribution in [-0.2, 0) is 14.9 Å². The van der Waals surface area contributed by atoms with Gasteiger partial charge in [-0.1, -0.05) is 41.4 Å². The Morgan fingerprint density at radius 2 is 1.81 bits per heavy atom. The number of hydrogen-bond acceptors (Lipinski definition) is 8. The van der Waals surface area contributed by atoms with Crippen LogP contribution in [0.3, 0.4) is 0 Å². The van der Waals surface area contributed by atoms with Crippen molar-refractivity contribution < 1.29 is 27.1 Å². The molecular formula is C23H15Cl2N3O7S. The molecule has 0 saturated carbocycles. The van der Waals surface area contributed by atoms with Crippen molar-refractivity contribution in [2.75, 3.05) is 12.4 Å². The summed E-state index contributed by atoms with van der Waals surface area (Å²) in [5.74, 6) is -1.26. The number of rotatable bonds is 8. The molecular weight excluding hydrogens is 533 g/mol. The Morgan fingerprint density at radius 1 is 1.11 bits per heavy atom. The number of benzene rings is 3. The van der Waals surface area contributed by atoms with Crippen LogP contribution in [0.5, 0.6) is 11.5 Å². The minimum atomic E-state index is -4.23. The molecule has 13 heteroatoms. The molecule has 0 spiro atoms. The van der Waals surface area contributed by atoms with E-state index in [0.29, 0.717) is 0 Å². The number of ether oxygens (including phenoxy) is 1. The average molecular weight is 548 g/mol. The number of hydrogen-bond donors (Lipinski definition) is 1. The Bertz CT molecular complexity index is 1520. The van der Waals surface area contributed by atoms with Gasteiger partial charge in [0.25, 0.3) is 11.6 Å². The largest absolute Gasteiger partial charge is 0.493 e. The SMILES string of the molecule is COc1cc(/C=C(\C#N)C(=O)Nc2cc([N+](=O)[O-])ccc2Cl)cc(Cl)c1OS(=O)(=O)c1ccccc1. The Balaban J connectivity index is 1.92. The van der Waals surface area contributed by atoms with Gasteiger partial charge in [0.15, 0.2) is 5.75 Å². The van der Waals surface area contributed by atoms with Gasteiger partial charge in [0.05, 0.1) is 27.8 Å². The Labute approximate surface area is 215 Å². The summed E-state index contributed by atoms with van der Waals surface area (Å²) in [6.07, 6.45) is 1.16. The third-order valence-corrected chi connectivity index (χ3v) is 6.41. The zero-order valence-electron chi connectivity index (χ0n) is 18.3. The number of non-ortho nitro benzene ring substituents is 1. The van der Waals surface area contributed by atoms with E-state index < -0.39 is 26.5 Å². The third kappa shape index (κ3) is 6.11. The van der Waals surface area contributed by atoms with Gasteiger partial charge in [-0.2, -0.15) is 13.7 Å². The molecule has 3 aromatic rings. The Morgan fingerprint density at radius 3 is 2.42 bits per heavy atom. The van der Waals surface area contributed by atoms with Crippen molar-refractivity contribution in [2.24, 2.45) is 0 Å². The molecule has 1 N–H and O–H groups in total. The highest BCUT2D eigenvalue weighted by Gasteiger charge is 2.22. The number of halogens is 2. The van der Waals surface area contributed by atoms with Crippen molar-refractivity contribution in [1.29, 1.82) is 5.26 Å². The summed E-state index contributed by atoms with van der Waals surface area (Å²) in [4.78, 5) is 22.9. The highest BCUT2D eigenvalue weighted by molar-refractivity contribution is 7.87. The number of methoxy groups -OCH3 is 1. The van der Waals surface area contributed by atoms with Crippen LogP contribution in [0.1, 0.15) is 5.56 Å². The van der Waals surface area contributed by atoms with Crippen LogP contribution in [0, 0.1) is 21.4 Å². The number of carbonyl (C=O) groups is 1. The molecule has 0 unspecified atom stereocenters. The van der Waals surface area contributed by atoms with Crippen molar-refractivity contribution in [2.45, 2.75) is 4.90 Å². The molecule has 10 nitrogen and oxygen atoms in total. The lowest BCUT2D eigenvalue weighted by molar-refractivity contribution is -0.384. The second-order valence-corrected chi connectivity index (χ2v) is 9.29. The number of amides is 1. The van der Waals surface area contributed by atoms with E-state index in [1.54, 1.807) is 12.1 Å². The fourth-order valence-electron chi connectivity index (χ4n) is 2.88. The maximum atomic E-state index is 12.6. The molecule has 0 saturated heterocycles. The summed E-state index contributed by atoms with van der Waals surface area (Å²) in [5.41, 5.74) is -0.573. The van der Waals surface area contributed by atoms with E-state index in [1.165, 1.54) is 49.6 Å². The molecule has 184 valence electrons. The molecule has 0 aliphatic rings. The quantitative estimate of drug-likeness (QED) is 0.132. The third-order valence-electron chi connectivity index (χ3n) is 4.56. The average Bonchev–Trinajstić information content (AvgIpc) is 2.85. The molecule has 0 aromatic heterocycles. The lowest BCUT2D eigenvalue weighted by Crippen LogP contribution is -2.14. The number of anilines is 1. The van der Waals surface area contributed by atoms with Gasteiger partial charge in [0, 0.05) is 12.1 Å². The van der Waals surface area contributed by atoms with E-state index in [2.05, 4.69) is 5.32 Å². The first-order valence-electron chi connectivity index (χ1n) is 9.80. The number of nitriles is 1. The van der Waals surface area contributed by atoms with Gasteiger partial charge in [0.1, 0.15) is 16.5 Å². The second kappa shape index (κ2) is 11.1. The monoisotopic (exact) mass is 547 g/mol. The fraction of sp³-hybridized carbons (Fsp3) is 0.0435. The fourth-order valence-corrected chi connectivity index (χ4v) is 4.32. The van der Waals surface area contributed by atoms with E-state index in [9.17, 15) is 28.6 Å². The molecule has 1 amide bonds. The molecule has 0 atom stereocenters. The lowest BCUT2D eigenvalue weighted by Gasteiger charge is -2.13. The Kier molecular flexibility index (Phi) is 8.16. The van der Waals surface area contributed by atoms with Crippen LogP contribution in [0.2, 0.25) is 10.0 Å². The molecule has 0 bridgehead atoms. The normalized spacial score (nSPS) is 11.3. The van der Waals surface area contributed by atoms with Crippen LogP contribution >= 0.6 is 23.2 Å². The van der Waals surface area contributed by atoms with E-state index in [4.69, 9.17) is 32.1 Å². The summed E-state index contributed by atoms with van der Waals surface area (Å²) in [5, 5.41) is 22.7. The van der Waals surface area contributed by atoms with Crippen LogP contribution in [0.25, 0.3) is 6.08 Å². The van der Waals surface area contributed by atoms with Gasteiger partial charge in [-0.15, -0.1) is 0 Å². The van der Waals surface area contributed by atoms with E-state index >= 15 is 0 Å². The zero-order valence-corrected chi connectivity index (χ0v) is 20.6. The first-order chi connectivity index (χ1) is 17.1. The molecule has 0 radical (unpaired) electrons. The highest BCUT2D eigenvalue weighted by Crippen LogP contribution is 2.39. The first kappa shape index (κ1) is 26.5. The molecule has 0 aliphatic carbocycles. The minimum absolute atomic E-state index is 0.0251. The standard InChI is InChI=1S/C23H15Cl2N3O7S/c1-34-21-11-14(10-19(25)22(21)35-36(32,33)17-5-3-2-4-6-17)9-15(13-26)23(29)27-20-12-16(28(30)31)7-8-18(20)24/h2-12H,1H3,(H,27,29)/b15-9+. The summed E-state index contributed by atoms with van der Waals surface area (Å²) in [7, 11) is -2.97. The number of nitrogens with zero attached hydrogens (tertiary/aromatic N) is 2. The van der Waals surface area contributed by atoms with Crippen LogP contribution in [0.4, 0.5) is 11.4 Å². The minimum Gasteiger partial charge on any atom is -0.493 e. The van der Waals surface area contributed by atoms with Crippen molar-refractivity contribution in [3.8, 4) is 17.6 Å². The van der Waals surface area contributed by atoms with Crippen LogP contribution < -0.4 is 14.2 Å². The number of nitro benzene ring substituents is 1. The lowest BCUT2D eigenvalue weighted by atomic mass is 10.1. The van der Waals surface area contributed by atoms with Gasteiger partial charge >= 0.3 is 10.1 Å². The van der Waals surface area contributed by atoms with Crippen molar-refractivity contribution in [3.05, 3.63) is 92.0 Å². The number of nitro groups is 1. The second-order valence-electron chi connectivity index (χ2n) is 6.93. The molecule has 0 heterocycles. The zero-order chi connectivity index (χ0) is 26.5. The van der Waals surface area contributed by atoms with E-state index in [1.807, 2.05) is 0 Å². The summed E-state index contributed by atoms with van der Waals surface area (Å²) < 4.78 is 35.6. The first-order valence-corrected chi connectivity index (χ1v) is 12.0. The molecule has 0 aliphatic heterocycles. The van der Waals surface area contributed by atoms with Gasteiger partial charge in [-0.3, -0.25) is 14.9 Å². The Hall–Kier alpha value is -4.11. The highest BCUT2D eigenvalue weighted by atomic mass is 35.5. The summed E-state index contributed by atoms with van der Waals surface area (Å²) in [6.45, 7) is 0. The smallest absolute Gasteiger partial charge is 0.339 e. The van der Waals surface area contributed by atoms with Gasteiger partial charge in [0.2, 0.25) is 5.75 Å². The predicted molar refractivity (Wildman–Crippen MR) is 133 cm³/mol. The van der Waals surface area contributed by atoms with Crippen LogP contribution in [-0.4, -0.2) is 26.4 Å². The van der Waals surface area contributed by atoms with Crippen molar-refractivity contribution >= 4 is 56.7 Å². The number of nitrogens with one attached hydrogen (secondary N) is 1.